The first-order chi connectivity index (χ1) is 15.4. The van der Waals surface area contributed by atoms with Gasteiger partial charge in [-0.3, -0.25) is 0 Å². The molecule has 1 atom stereocenters. The monoisotopic (exact) mass is 430 g/mol. The van der Waals surface area contributed by atoms with Gasteiger partial charge in [0.05, 0.1) is 13.2 Å². The van der Waals surface area contributed by atoms with Gasteiger partial charge in [0.25, 0.3) is 0 Å². The Morgan fingerprint density at radius 1 is 1.03 bits per heavy atom. The van der Waals surface area contributed by atoms with E-state index in [0.717, 1.165) is 39.9 Å². The molecule has 1 unspecified atom stereocenters. The standard InChI is InChI=1S/C27H30N2O3/c1-17-14-22(12-13-24(17)23-10-8-7-9-11-23)16-31-25-15-18(2)29(20(4)26(25)30-6)27-19(3)21(5)32-28-27/h7-15,20H,16H2,1-6H3. The molecule has 0 spiro atoms. The van der Waals surface area contributed by atoms with Crippen molar-refractivity contribution in [2.75, 3.05) is 12.0 Å². The minimum atomic E-state index is -0.0645. The molecule has 1 aliphatic heterocycles. The fraction of sp³-hybridized carbons (Fsp3) is 0.296. The zero-order valence-corrected chi connectivity index (χ0v) is 19.6. The summed E-state index contributed by atoms with van der Waals surface area (Å²) in [5, 5.41) is 4.26. The zero-order valence-electron chi connectivity index (χ0n) is 19.6. The van der Waals surface area contributed by atoms with Crippen molar-refractivity contribution < 1.29 is 14.0 Å². The van der Waals surface area contributed by atoms with Crippen LogP contribution < -0.4 is 4.90 Å². The molecule has 5 heteroatoms. The molecule has 0 bridgehead atoms. The third kappa shape index (κ3) is 4.03. The van der Waals surface area contributed by atoms with Crippen molar-refractivity contribution >= 4 is 5.82 Å². The molecular formula is C27H30N2O3. The number of hydrogen-bond acceptors (Lipinski definition) is 5. The maximum Gasteiger partial charge on any atom is 0.180 e. The number of anilines is 1. The highest BCUT2D eigenvalue weighted by Crippen LogP contribution is 2.35. The summed E-state index contributed by atoms with van der Waals surface area (Å²) in [6.07, 6.45) is 2.01. The lowest BCUT2D eigenvalue weighted by Crippen LogP contribution is -2.37. The molecule has 32 heavy (non-hydrogen) atoms. The first kappa shape index (κ1) is 21.8. The molecule has 0 radical (unpaired) electrons. The van der Waals surface area contributed by atoms with Gasteiger partial charge in [0.1, 0.15) is 12.4 Å². The number of allylic oxidation sites excluding steroid dienone is 2. The Bertz CT molecular complexity index is 1170. The molecule has 2 aromatic carbocycles. The van der Waals surface area contributed by atoms with Crippen molar-refractivity contribution in [1.29, 1.82) is 0 Å². The Hall–Kier alpha value is -3.47. The molecule has 166 valence electrons. The van der Waals surface area contributed by atoms with E-state index in [1.165, 1.54) is 16.7 Å². The van der Waals surface area contributed by atoms with Crippen LogP contribution in [0.1, 0.15) is 36.3 Å². The first-order valence-electron chi connectivity index (χ1n) is 10.9. The Balaban J connectivity index is 1.55. The van der Waals surface area contributed by atoms with E-state index in [0.29, 0.717) is 6.61 Å². The Kier molecular flexibility index (Phi) is 6.08. The second kappa shape index (κ2) is 8.95. The molecule has 0 saturated carbocycles. The molecule has 1 aliphatic rings. The number of rotatable bonds is 6. The van der Waals surface area contributed by atoms with Gasteiger partial charge in [0, 0.05) is 17.3 Å². The van der Waals surface area contributed by atoms with Crippen LogP contribution in [0.4, 0.5) is 5.82 Å². The van der Waals surface area contributed by atoms with Crippen LogP contribution in [0.5, 0.6) is 0 Å². The second-order valence-corrected chi connectivity index (χ2v) is 8.26. The number of nitrogens with zero attached hydrogens (tertiary/aromatic N) is 2. The number of aromatic nitrogens is 1. The van der Waals surface area contributed by atoms with E-state index < -0.39 is 0 Å². The summed E-state index contributed by atoms with van der Waals surface area (Å²) in [5.41, 5.74) is 6.86. The zero-order chi connectivity index (χ0) is 22.8. The minimum Gasteiger partial charge on any atom is -0.495 e. The van der Waals surface area contributed by atoms with E-state index in [1.54, 1.807) is 7.11 Å². The molecule has 5 nitrogen and oxygen atoms in total. The van der Waals surface area contributed by atoms with Crippen LogP contribution in [0, 0.1) is 20.8 Å². The number of hydrogen-bond donors (Lipinski definition) is 0. The van der Waals surface area contributed by atoms with Crippen LogP contribution in [0.2, 0.25) is 0 Å². The molecule has 0 amide bonds. The van der Waals surface area contributed by atoms with Crippen LogP contribution >= 0.6 is 0 Å². The topological polar surface area (TPSA) is 47.7 Å². The van der Waals surface area contributed by atoms with Crippen molar-refractivity contribution in [2.24, 2.45) is 0 Å². The van der Waals surface area contributed by atoms with E-state index in [1.807, 2.05) is 26.0 Å². The summed E-state index contributed by atoms with van der Waals surface area (Å²) in [4.78, 5) is 2.12. The average Bonchev–Trinajstić information content (AvgIpc) is 3.11. The van der Waals surface area contributed by atoms with Crippen molar-refractivity contribution in [3.05, 3.63) is 94.3 Å². The van der Waals surface area contributed by atoms with Gasteiger partial charge in [-0.2, -0.15) is 0 Å². The summed E-state index contributed by atoms with van der Waals surface area (Å²) in [5.74, 6) is 3.15. The molecule has 1 aromatic heterocycles. The highest BCUT2D eigenvalue weighted by atomic mass is 16.5. The first-order valence-corrected chi connectivity index (χ1v) is 10.9. The molecule has 2 heterocycles. The van der Waals surface area contributed by atoms with Crippen molar-refractivity contribution in [3.63, 3.8) is 0 Å². The average molecular weight is 431 g/mol. The van der Waals surface area contributed by atoms with Crippen molar-refractivity contribution in [2.45, 2.75) is 47.3 Å². The van der Waals surface area contributed by atoms with Gasteiger partial charge >= 0.3 is 0 Å². The van der Waals surface area contributed by atoms with Crippen LogP contribution in [-0.2, 0) is 16.1 Å². The number of aryl methyl sites for hydroxylation is 2. The van der Waals surface area contributed by atoms with E-state index in [4.69, 9.17) is 14.0 Å². The fourth-order valence-corrected chi connectivity index (χ4v) is 4.24. The number of benzene rings is 2. The van der Waals surface area contributed by atoms with Crippen molar-refractivity contribution in [3.8, 4) is 11.1 Å². The Morgan fingerprint density at radius 3 is 2.41 bits per heavy atom. The van der Waals surface area contributed by atoms with Crippen LogP contribution in [-0.4, -0.2) is 18.3 Å². The molecular weight excluding hydrogens is 400 g/mol. The summed E-state index contributed by atoms with van der Waals surface area (Å²) in [7, 11) is 1.68. The Morgan fingerprint density at radius 2 is 1.78 bits per heavy atom. The van der Waals surface area contributed by atoms with Gasteiger partial charge in [-0.05, 0) is 56.9 Å². The Labute approximate surface area is 189 Å². The van der Waals surface area contributed by atoms with E-state index >= 15 is 0 Å². The summed E-state index contributed by atoms with van der Waals surface area (Å²) in [6, 6.07) is 16.8. The fourth-order valence-electron chi connectivity index (χ4n) is 4.24. The second-order valence-electron chi connectivity index (χ2n) is 8.26. The van der Waals surface area contributed by atoms with Gasteiger partial charge in [0.15, 0.2) is 17.3 Å². The molecule has 3 aromatic rings. The highest BCUT2D eigenvalue weighted by molar-refractivity contribution is 5.67. The smallest absolute Gasteiger partial charge is 0.180 e. The van der Waals surface area contributed by atoms with Gasteiger partial charge < -0.3 is 18.9 Å². The van der Waals surface area contributed by atoms with Gasteiger partial charge in [0.2, 0.25) is 0 Å². The van der Waals surface area contributed by atoms with E-state index in [9.17, 15) is 0 Å². The molecule has 0 aliphatic carbocycles. The quantitative estimate of drug-likeness (QED) is 0.449. The highest BCUT2D eigenvalue weighted by Gasteiger charge is 2.32. The third-order valence-corrected chi connectivity index (χ3v) is 6.08. The molecule has 0 N–H and O–H groups in total. The van der Waals surface area contributed by atoms with Crippen LogP contribution in [0.25, 0.3) is 11.1 Å². The van der Waals surface area contributed by atoms with Crippen LogP contribution in [0.15, 0.2) is 76.3 Å². The number of ether oxygens (including phenoxy) is 2. The lowest BCUT2D eigenvalue weighted by Gasteiger charge is -2.35. The maximum atomic E-state index is 6.24. The minimum absolute atomic E-state index is 0.0645. The lowest BCUT2D eigenvalue weighted by molar-refractivity contribution is 0.165. The van der Waals surface area contributed by atoms with Crippen molar-refractivity contribution in [1.82, 2.24) is 5.16 Å². The lowest BCUT2D eigenvalue weighted by atomic mass is 9.99. The summed E-state index contributed by atoms with van der Waals surface area (Å²) in [6.45, 7) is 10.7. The van der Waals surface area contributed by atoms with E-state index in [2.05, 4.69) is 73.3 Å². The number of methoxy groups -OCH3 is 1. The van der Waals surface area contributed by atoms with Gasteiger partial charge in [-0.15, -0.1) is 0 Å². The predicted molar refractivity (Wildman–Crippen MR) is 127 cm³/mol. The normalized spacial score (nSPS) is 16.2. The summed E-state index contributed by atoms with van der Waals surface area (Å²) >= 11 is 0. The third-order valence-electron chi connectivity index (χ3n) is 6.08. The van der Waals surface area contributed by atoms with Gasteiger partial charge in [-0.1, -0.05) is 53.7 Å². The summed E-state index contributed by atoms with van der Waals surface area (Å²) < 4.78 is 17.4. The SMILES string of the molecule is COC1=C(OCc2ccc(-c3ccccc3)c(C)c2)C=C(C)N(c2noc(C)c2C)C1C. The largest absolute Gasteiger partial charge is 0.495 e. The molecule has 4 rings (SSSR count). The molecule has 0 saturated heterocycles. The predicted octanol–water partition coefficient (Wildman–Crippen LogP) is 6.45. The molecule has 0 fully saturated rings. The maximum absolute atomic E-state index is 6.24. The van der Waals surface area contributed by atoms with Gasteiger partial charge in [-0.25, -0.2) is 0 Å². The van der Waals surface area contributed by atoms with E-state index in [-0.39, 0.29) is 6.04 Å². The van der Waals surface area contributed by atoms with Crippen LogP contribution in [0.3, 0.4) is 0 Å².